The highest BCUT2D eigenvalue weighted by atomic mass is 16.4. The molecule has 1 N–H and O–H groups in total. The molecule has 1 fully saturated rings. The standard InChI is InChI=1S/C15H24N2O2/c1-10(2)12-4-6-13(7-5-12)15(18)17-9-14-16-8-11(3)19-14/h8,10,12-13H,4-7,9H2,1-3H3,(H,17,18). The van der Waals surface area contributed by atoms with Gasteiger partial charge >= 0.3 is 0 Å². The number of hydrogen-bond donors (Lipinski definition) is 1. The maximum Gasteiger partial charge on any atom is 0.223 e. The van der Waals surface area contributed by atoms with E-state index in [9.17, 15) is 4.79 Å². The third kappa shape index (κ3) is 3.82. The lowest BCUT2D eigenvalue weighted by Crippen LogP contribution is -2.33. The molecule has 0 unspecified atom stereocenters. The number of aromatic nitrogens is 1. The summed E-state index contributed by atoms with van der Waals surface area (Å²) in [5.41, 5.74) is 0. The van der Waals surface area contributed by atoms with Crippen molar-refractivity contribution in [2.24, 2.45) is 17.8 Å². The highest BCUT2D eigenvalue weighted by molar-refractivity contribution is 5.78. The number of nitrogens with zero attached hydrogens (tertiary/aromatic N) is 1. The molecule has 1 saturated carbocycles. The average Bonchev–Trinajstić information content (AvgIpc) is 2.82. The molecule has 1 aromatic rings. The van der Waals surface area contributed by atoms with Gasteiger partial charge in [0.25, 0.3) is 0 Å². The molecule has 0 saturated heterocycles. The predicted molar refractivity (Wildman–Crippen MR) is 73.4 cm³/mol. The zero-order chi connectivity index (χ0) is 13.8. The Morgan fingerprint density at radius 1 is 1.42 bits per heavy atom. The molecule has 1 aliphatic rings. The van der Waals surface area contributed by atoms with Gasteiger partial charge in [-0.15, -0.1) is 0 Å². The second kappa shape index (κ2) is 6.22. The van der Waals surface area contributed by atoms with Crippen LogP contribution in [0, 0.1) is 24.7 Å². The maximum absolute atomic E-state index is 12.1. The van der Waals surface area contributed by atoms with E-state index < -0.39 is 0 Å². The summed E-state index contributed by atoms with van der Waals surface area (Å²) < 4.78 is 5.34. The number of rotatable bonds is 4. The van der Waals surface area contributed by atoms with Crippen LogP contribution >= 0.6 is 0 Å². The molecule has 1 amide bonds. The van der Waals surface area contributed by atoms with Crippen LogP contribution in [-0.4, -0.2) is 10.9 Å². The molecule has 2 rings (SSSR count). The number of aryl methyl sites for hydroxylation is 1. The van der Waals surface area contributed by atoms with Crippen molar-refractivity contribution in [2.45, 2.75) is 53.0 Å². The van der Waals surface area contributed by atoms with E-state index >= 15 is 0 Å². The van der Waals surface area contributed by atoms with Crippen LogP contribution in [0.1, 0.15) is 51.2 Å². The number of carbonyl (C=O) groups excluding carboxylic acids is 1. The van der Waals surface area contributed by atoms with Crippen LogP contribution in [0.2, 0.25) is 0 Å². The second-order valence-electron chi connectivity index (χ2n) is 5.94. The van der Waals surface area contributed by atoms with Gasteiger partial charge in [-0.05, 0) is 44.4 Å². The summed E-state index contributed by atoms with van der Waals surface area (Å²) in [6.07, 6.45) is 6.05. The summed E-state index contributed by atoms with van der Waals surface area (Å²) in [6, 6.07) is 0. The van der Waals surface area contributed by atoms with Gasteiger partial charge in [0.05, 0.1) is 12.7 Å². The number of oxazole rings is 1. The number of carbonyl (C=O) groups is 1. The van der Waals surface area contributed by atoms with Crippen molar-refractivity contribution in [3.63, 3.8) is 0 Å². The number of hydrogen-bond acceptors (Lipinski definition) is 3. The third-order valence-corrected chi connectivity index (χ3v) is 4.17. The Bertz CT molecular complexity index is 418. The monoisotopic (exact) mass is 264 g/mol. The Kier molecular flexibility index (Phi) is 4.61. The van der Waals surface area contributed by atoms with Gasteiger partial charge in [0.2, 0.25) is 11.8 Å². The van der Waals surface area contributed by atoms with Gasteiger partial charge in [0.15, 0.2) is 0 Å². The number of nitrogens with one attached hydrogen (secondary N) is 1. The largest absolute Gasteiger partial charge is 0.444 e. The van der Waals surface area contributed by atoms with Crippen LogP contribution in [0.4, 0.5) is 0 Å². The fraction of sp³-hybridized carbons (Fsp3) is 0.733. The lowest BCUT2D eigenvalue weighted by atomic mass is 9.77. The van der Waals surface area contributed by atoms with Crippen LogP contribution < -0.4 is 5.32 Å². The fourth-order valence-electron chi connectivity index (χ4n) is 2.84. The lowest BCUT2D eigenvalue weighted by molar-refractivity contribution is -0.126. The fourth-order valence-corrected chi connectivity index (χ4v) is 2.84. The minimum atomic E-state index is 0.151. The molecule has 106 valence electrons. The van der Waals surface area contributed by atoms with E-state index in [1.165, 1.54) is 12.8 Å². The van der Waals surface area contributed by atoms with Gasteiger partial charge in [-0.3, -0.25) is 4.79 Å². The summed E-state index contributed by atoms with van der Waals surface area (Å²) in [5, 5.41) is 2.93. The Labute approximate surface area is 115 Å². The SMILES string of the molecule is Cc1cnc(CNC(=O)C2CCC(C(C)C)CC2)o1. The van der Waals surface area contributed by atoms with E-state index in [1.54, 1.807) is 6.20 Å². The summed E-state index contributed by atoms with van der Waals surface area (Å²) in [5.74, 6) is 3.21. The topological polar surface area (TPSA) is 55.1 Å². The van der Waals surface area contributed by atoms with Crippen LogP contribution in [0.15, 0.2) is 10.6 Å². The van der Waals surface area contributed by atoms with Crippen LogP contribution in [0.5, 0.6) is 0 Å². The van der Waals surface area contributed by atoms with Crippen molar-refractivity contribution in [1.82, 2.24) is 10.3 Å². The molecule has 4 nitrogen and oxygen atoms in total. The van der Waals surface area contributed by atoms with Gasteiger partial charge in [-0.1, -0.05) is 13.8 Å². The maximum atomic E-state index is 12.1. The Morgan fingerprint density at radius 3 is 2.63 bits per heavy atom. The van der Waals surface area contributed by atoms with Crippen molar-refractivity contribution in [3.8, 4) is 0 Å². The van der Waals surface area contributed by atoms with Crippen molar-refractivity contribution in [2.75, 3.05) is 0 Å². The summed E-state index contributed by atoms with van der Waals surface area (Å²) in [7, 11) is 0. The smallest absolute Gasteiger partial charge is 0.223 e. The van der Waals surface area contributed by atoms with Gasteiger partial charge in [0.1, 0.15) is 5.76 Å². The minimum absolute atomic E-state index is 0.151. The van der Waals surface area contributed by atoms with Gasteiger partial charge < -0.3 is 9.73 Å². The molecule has 0 aromatic carbocycles. The van der Waals surface area contributed by atoms with E-state index in [-0.39, 0.29) is 11.8 Å². The Morgan fingerprint density at radius 2 is 2.11 bits per heavy atom. The van der Waals surface area contributed by atoms with Crippen molar-refractivity contribution in [1.29, 1.82) is 0 Å². The Hall–Kier alpha value is -1.32. The first kappa shape index (κ1) is 14.1. The molecule has 0 spiro atoms. The van der Waals surface area contributed by atoms with Crippen LogP contribution in [0.3, 0.4) is 0 Å². The van der Waals surface area contributed by atoms with E-state index in [0.29, 0.717) is 12.4 Å². The molecule has 4 heteroatoms. The zero-order valence-corrected chi connectivity index (χ0v) is 12.1. The molecule has 1 heterocycles. The molecule has 0 atom stereocenters. The van der Waals surface area contributed by atoms with Gasteiger partial charge in [-0.25, -0.2) is 4.98 Å². The molecule has 19 heavy (non-hydrogen) atoms. The highest BCUT2D eigenvalue weighted by Crippen LogP contribution is 2.33. The molecular formula is C15H24N2O2. The minimum Gasteiger partial charge on any atom is -0.444 e. The van der Waals surface area contributed by atoms with Gasteiger partial charge in [0, 0.05) is 5.92 Å². The average molecular weight is 264 g/mol. The highest BCUT2D eigenvalue weighted by Gasteiger charge is 2.27. The van der Waals surface area contributed by atoms with Crippen LogP contribution in [-0.2, 0) is 11.3 Å². The van der Waals surface area contributed by atoms with Crippen molar-refractivity contribution < 1.29 is 9.21 Å². The predicted octanol–water partition coefficient (Wildman–Crippen LogP) is 3.06. The normalized spacial score (nSPS) is 23.6. The quantitative estimate of drug-likeness (QED) is 0.909. The molecule has 0 radical (unpaired) electrons. The number of amides is 1. The second-order valence-corrected chi connectivity index (χ2v) is 5.94. The van der Waals surface area contributed by atoms with E-state index in [4.69, 9.17) is 4.42 Å². The first-order valence-corrected chi connectivity index (χ1v) is 7.25. The molecule has 1 aliphatic carbocycles. The molecule has 0 bridgehead atoms. The summed E-state index contributed by atoms with van der Waals surface area (Å²) in [6.45, 7) is 6.80. The van der Waals surface area contributed by atoms with Crippen molar-refractivity contribution >= 4 is 5.91 Å². The summed E-state index contributed by atoms with van der Waals surface area (Å²) in [4.78, 5) is 16.2. The van der Waals surface area contributed by atoms with E-state index in [0.717, 1.165) is 30.4 Å². The van der Waals surface area contributed by atoms with Crippen LogP contribution in [0.25, 0.3) is 0 Å². The third-order valence-electron chi connectivity index (χ3n) is 4.17. The zero-order valence-electron chi connectivity index (χ0n) is 12.1. The van der Waals surface area contributed by atoms with Crippen molar-refractivity contribution in [3.05, 3.63) is 17.8 Å². The summed E-state index contributed by atoms with van der Waals surface area (Å²) >= 11 is 0. The van der Waals surface area contributed by atoms with Gasteiger partial charge in [-0.2, -0.15) is 0 Å². The molecular weight excluding hydrogens is 240 g/mol. The molecule has 0 aliphatic heterocycles. The van der Waals surface area contributed by atoms with E-state index in [1.807, 2.05) is 6.92 Å². The van der Waals surface area contributed by atoms with E-state index in [2.05, 4.69) is 24.1 Å². The first-order valence-electron chi connectivity index (χ1n) is 7.25. The Balaban J connectivity index is 1.75. The first-order chi connectivity index (χ1) is 9.06. The lowest BCUT2D eigenvalue weighted by Gasteiger charge is -2.30. The molecule has 1 aromatic heterocycles.